The number of fused-ring (bicyclic) bond motifs is 1. The second-order valence-corrected chi connectivity index (χ2v) is 8.10. The maximum Gasteiger partial charge on any atom is 0.137 e. The third-order valence-corrected chi connectivity index (χ3v) is 5.54. The predicted molar refractivity (Wildman–Crippen MR) is 139 cm³/mol. The number of hydrogen-bond acceptors (Lipinski definition) is 4. The zero-order valence-corrected chi connectivity index (χ0v) is 19.3. The van der Waals surface area contributed by atoms with Gasteiger partial charge in [0, 0.05) is 28.4 Å². The van der Waals surface area contributed by atoms with E-state index in [1.165, 1.54) is 5.56 Å². The average molecular weight is 447 g/mol. The molecule has 4 aromatic carbocycles. The summed E-state index contributed by atoms with van der Waals surface area (Å²) in [6.07, 6.45) is 0. The van der Waals surface area contributed by atoms with Gasteiger partial charge in [-0.15, -0.1) is 0 Å². The Labute approximate surface area is 199 Å². The fourth-order valence-corrected chi connectivity index (χ4v) is 3.80. The number of hydrogen-bond donors (Lipinski definition) is 1. The number of aryl methyl sites for hydroxylation is 1. The van der Waals surface area contributed by atoms with Gasteiger partial charge in [-0.25, -0.2) is 4.99 Å². The molecule has 1 heterocycles. The van der Waals surface area contributed by atoms with Crippen LogP contribution in [0.25, 0.3) is 22.3 Å². The molecule has 1 aromatic heterocycles. The molecule has 0 aliphatic carbocycles. The van der Waals surface area contributed by atoms with Crippen LogP contribution < -0.4 is 15.4 Å². The number of anilines is 2. The van der Waals surface area contributed by atoms with E-state index in [9.17, 15) is 0 Å². The molecule has 0 fully saturated rings. The molecule has 34 heavy (non-hydrogen) atoms. The number of rotatable bonds is 6. The van der Waals surface area contributed by atoms with Gasteiger partial charge >= 0.3 is 0 Å². The lowest BCUT2D eigenvalue weighted by Crippen LogP contribution is -2.04. The summed E-state index contributed by atoms with van der Waals surface area (Å²) in [6.45, 7) is 4.66. The Morgan fingerprint density at radius 2 is 1.53 bits per heavy atom. The third kappa shape index (κ3) is 4.86. The van der Waals surface area contributed by atoms with Crippen molar-refractivity contribution in [3.63, 3.8) is 0 Å². The Kier molecular flexibility index (Phi) is 6.13. The molecule has 0 aliphatic heterocycles. The normalized spacial score (nSPS) is 11.5. The standard InChI is InChI=1S/C30H26N2O2/c1-3-33-26-17-18-29-27(19-26)28(20-30(34-29)22-11-9-21(2)10-12-22)32-25-15-13-24(14-16-25)31-23-7-5-4-6-8-23/h4-20,31H,3H2,1-2H3. The predicted octanol–water partition coefficient (Wildman–Crippen LogP) is 7.78. The molecule has 0 aliphatic rings. The van der Waals surface area contributed by atoms with Crippen molar-refractivity contribution in [3.8, 4) is 17.1 Å². The molecule has 0 saturated heterocycles. The second kappa shape index (κ2) is 9.67. The van der Waals surface area contributed by atoms with Gasteiger partial charge in [0.05, 0.1) is 17.7 Å². The molecule has 0 radical (unpaired) electrons. The molecule has 0 atom stereocenters. The molecule has 4 heteroatoms. The summed E-state index contributed by atoms with van der Waals surface area (Å²) in [5.41, 5.74) is 5.91. The first kappa shape index (κ1) is 21.5. The van der Waals surface area contributed by atoms with E-state index in [-0.39, 0.29) is 0 Å². The number of benzene rings is 4. The molecule has 168 valence electrons. The van der Waals surface area contributed by atoms with Crippen LogP contribution in [0.1, 0.15) is 12.5 Å². The van der Waals surface area contributed by atoms with Crippen LogP contribution in [0, 0.1) is 6.92 Å². The SMILES string of the molecule is CCOc1ccc2oc(-c3ccc(C)cc3)cc(=Nc3ccc(Nc4ccccc4)cc3)c2c1. The van der Waals surface area contributed by atoms with Crippen molar-refractivity contribution in [2.75, 3.05) is 11.9 Å². The van der Waals surface area contributed by atoms with Crippen molar-refractivity contribution in [1.29, 1.82) is 0 Å². The number of nitrogens with one attached hydrogen (secondary N) is 1. The van der Waals surface area contributed by atoms with E-state index in [2.05, 4.69) is 36.5 Å². The van der Waals surface area contributed by atoms with Crippen molar-refractivity contribution in [2.45, 2.75) is 13.8 Å². The van der Waals surface area contributed by atoms with E-state index in [1.807, 2.05) is 85.8 Å². The summed E-state index contributed by atoms with van der Waals surface area (Å²) in [7, 11) is 0. The van der Waals surface area contributed by atoms with Crippen LogP contribution in [0.5, 0.6) is 5.75 Å². The highest BCUT2D eigenvalue weighted by Gasteiger charge is 2.08. The monoisotopic (exact) mass is 446 g/mol. The summed E-state index contributed by atoms with van der Waals surface area (Å²) in [6, 6.07) is 34.4. The van der Waals surface area contributed by atoms with Crippen molar-refractivity contribution in [2.24, 2.45) is 4.99 Å². The van der Waals surface area contributed by atoms with Crippen molar-refractivity contribution < 1.29 is 9.15 Å². The molecule has 0 amide bonds. The molecular formula is C30H26N2O2. The summed E-state index contributed by atoms with van der Waals surface area (Å²) >= 11 is 0. The first-order chi connectivity index (χ1) is 16.7. The summed E-state index contributed by atoms with van der Waals surface area (Å²) in [5.74, 6) is 1.57. The van der Waals surface area contributed by atoms with Crippen LogP contribution >= 0.6 is 0 Å². The van der Waals surface area contributed by atoms with Gasteiger partial charge in [-0.2, -0.15) is 0 Å². The average Bonchev–Trinajstić information content (AvgIpc) is 2.87. The smallest absolute Gasteiger partial charge is 0.137 e. The van der Waals surface area contributed by atoms with Crippen LogP contribution in [0.15, 0.2) is 113 Å². The van der Waals surface area contributed by atoms with Gasteiger partial charge in [-0.3, -0.25) is 0 Å². The number of para-hydroxylation sites is 1. The quantitative estimate of drug-likeness (QED) is 0.290. The summed E-state index contributed by atoms with van der Waals surface area (Å²) in [4.78, 5) is 4.98. The van der Waals surface area contributed by atoms with Crippen molar-refractivity contribution >= 4 is 28.0 Å². The zero-order chi connectivity index (χ0) is 23.3. The van der Waals surface area contributed by atoms with Crippen molar-refractivity contribution in [3.05, 3.63) is 114 Å². The fourth-order valence-electron chi connectivity index (χ4n) is 3.80. The van der Waals surface area contributed by atoms with Gasteiger partial charge in [0.2, 0.25) is 0 Å². The van der Waals surface area contributed by atoms with E-state index in [0.717, 1.165) is 50.5 Å². The molecule has 5 aromatic rings. The lowest BCUT2D eigenvalue weighted by atomic mass is 10.1. The molecule has 0 spiro atoms. The minimum atomic E-state index is 0.604. The molecule has 5 rings (SSSR count). The van der Waals surface area contributed by atoms with Crippen molar-refractivity contribution in [1.82, 2.24) is 0 Å². The Hall–Kier alpha value is -4.31. The van der Waals surface area contributed by atoms with Crippen LogP contribution in [-0.4, -0.2) is 6.61 Å². The Bertz CT molecular complexity index is 1470. The van der Waals surface area contributed by atoms with Crippen LogP contribution in [-0.2, 0) is 0 Å². The van der Waals surface area contributed by atoms with Gasteiger partial charge in [0.1, 0.15) is 17.1 Å². The minimum Gasteiger partial charge on any atom is -0.494 e. The molecule has 0 bridgehead atoms. The number of nitrogens with zero attached hydrogens (tertiary/aromatic N) is 1. The maximum atomic E-state index is 6.26. The van der Waals surface area contributed by atoms with E-state index in [0.29, 0.717) is 6.61 Å². The topological polar surface area (TPSA) is 46.8 Å². The second-order valence-electron chi connectivity index (χ2n) is 8.10. The van der Waals surface area contributed by atoms with E-state index in [1.54, 1.807) is 0 Å². The number of ether oxygens (including phenoxy) is 1. The Balaban J connectivity index is 1.58. The first-order valence-corrected chi connectivity index (χ1v) is 11.4. The fraction of sp³-hybridized carbons (Fsp3) is 0.100. The highest BCUT2D eigenvalue weighted by molar-refractivity contribution is 5.80. The van der Waals surface area contributed by atoms with Gasteiger partial charge in [-0.05, 0) is 68.4 Å². The Morgan fingerprint density at radius 3 is 2.26 bits per heavy atom. The summed E-state index contributed by atoms with van der Waals surface area (Å²) < 4.78 is 12.0. The highest BCUT2D eigenvalue weighted by Crippen LogP contribution is 2.26. The first-order valence-electron chi connectivity index (χ1n) is 11.4. The highest BCUT2D eigenvalue weighted by atomic mass is 16.5. The molecular weight excluding hydrogens is 420 g/mol. The lowest BCUT2D eigenvalue weighted by molar-refractivity contribution is 0.340. The van der Waals surface area contributed by atoms with Gasteiger partial charge in [0.25, 0.3) is 0 Å². The van der Waals surface area contributed by atoms with E-state index in [4.69, 9.17) is 14.1 Å². The summed E-state index contributed by atoms with van der Waals surface area (Å²) in [5, 5.41) is 5.15. The molecule has 0 saturated carbocycles. The Morgan fingerprint density at radius 1 is 0.794 bits per heavy atom. The van der Waals surface area contributed by atoms with Crippen LogP contribution in [0.3, 0.4) is 0 Å². The molecule has 4 nitrogen and oxygen atoms in total. The maximum absolute atomic E-state index is 6.26. The zero-order valence-electron chi connectivity index (χ0n) is 19.3. The van der Waals surface area contributed by atoms with Gasteiger partial charge in [0.15, 0.2) is 0 Å². The van der Waals surface area contributed by atoms with Gasteiger partial charge < -0.3 is 14.5 Å². The third-order valence-electron chi connectivity index (χ3n) is 5.54. The minimum absolute atomic E-state index is 0.604. The van der Waals surface area contributed by atoms with E-state index >= 15 is 0 Å². The largest absolute Gasteiger partial charge is 0.494 e. The van der Waals surface area contributed by atoms with Gasteiger partial charge in [-0.1, -0.05) is 48.0 Å². The molecule has 1 N–H and O–H groups in total. The van der Waals surface area contributed by atoms with Crippen LogP contribution in [0.2, 0.25) is 0 Å². The van der Waals surface area contributed by atoms with E-state index < -0.39 is 0 Å². The van der Waals surface area contributed by atoms with Crippen LogP contribution in [0.4, 0.5) is 17.1 Å². The molecule has 0 unspecified atom stereocenters. The lowest BCUT2D eigenvalue weighted by Gasteiger charge is -2.08.